The van der Waals surface area contributed by atoms with Gasteiger partial charge >= 0.3 is 0 Å². The van der Waals surface area contributed by atoms with Crippen LogP contribution in [0.5, 0.6) is 5.75 Å². The van der Waals surface area contributed by atoms with Crippen LogP contribution in [0, 0.1) is 17.2 Å². The van der Waals surface area contributed by atoms with Crippen LogP contribution < -0.4 is 10.5 Å². The maximum absolute atomic E-state index is 12.1. The van der Waals surface area contributed by atoms with Gasteiger partial charge in [-0.25, -0.2) is 0 Å². The Morgan fingerprint density at radius 2 is 1.84 bits per heavy atom. The summed E-state index contributed by atoms with van der Waals surface area (Å²) in [5, 5.41) is 32.9. The number of nitrogens with zero attached hydrogens (tertiary/aromatic N) is 4. The summed E-state index contributed by atoms with van der Waals surface area (Å²) in [5.74, 6) is 0.0493. The van der Waals surface area contributed by atoms with Crippen molar-refractivity contribution in [1.82, 2.24) is 15.0 Å². The first-order valence-electron chi connectivity index (χ1n) is 12.3. The molecule has 0 saturated carbocycles. The number of benzene rings is 2. The van der Waals surface area contributed by atoms with Gasteiger partial charge in [-0.15, -0.1) is 0 Å². The van der Waals surface area contributed by atoms with E-state index in [2.05, 4.69) is 16.2 Å². The zero-order valence-electron chi connectivity index (χ0n) is 20.9. The number of ether oxygens (including phenoxy) is 1. The van der Waals surface area contributed by atoms with Gasteiger partial charge in [-0.2, -0.15) is 10.2 Å². The number of aliphatic hydroxyl groups excluding tert-OH is 2. The first-order valence-corrected chi connectivity index (χ1v) is 12.3. The van der Waals surface area contributed by atoms with Crippen molar-refractivity contribution < 1.29 is 24.3 Å². The van der Waals surface area contributed by atoms with Crippen LogP contribution in [0.4, 0.5) is 0 Å². The zero-order valence-corrected chi connectivity index (χ0v) is 20.9. The fourth-order valence-corrected chi connectivity index (χ4v) is 4.69. The average Bonchev–Trinajstić information content (AvgIpc) is 3.29. The highest BCUT2D eigenvalue weighted by atomic mass is 16.5. The molecule has 1 aliphatic rings. The monoisotopic (exact) mass is 505 g/mol. The molecule has 4 rings (SSSR count). The van der Waals surface area contributed by atoms with Crippen LogP contribution in [-0.4, -0.2) is 69.6 Å². The van der Waals surface area contributed by atoms with Crippen molar-refractivity contribution in [2.24, 2.45) is 11.7 Å². The van der Waals surface area contributed by atoms with Crippen LogP contribution in [0.15, 0.2) is 40.9 Å². The molecular formula is C27H31N5O5. The SMILES string of the molecule is CC(C)Oc1ccc(-c2nc(-c3ccc4c(c3)CCN(C(C(N)=O)C(CO)CO)CC4)no2)cc1C#N. The van der Waals surface area contributed by atoms with Gasteiger partial charge in [-0.1, -0.05) is 17.3 Å². The largest absolute Gasteiger partial charge is 0.490 e. The first-order chi connectivity index (χ1) is 17.8. The molecule has 1 amide bonds. The van der Waals surface area contributed by atoms with E-state index in [9.17, 15) is 20.3 Å². The third-order valence-corrected chi connectivity index (χ3v) is 6.54. The number of carbonyl (C=O) groups excluding carboxylic acids is 1. The number of rotatable bonds is 9. The number of hydrogen-bond donors (Lipinski definition) is 3. The Bertz CT molecular complexity index is 1290. The van der Waals surface area contributed by atoms with E-state index in [0.29, 0.717) is 54.5 Å². The maximum Gasteiger partial charge on any atom is 0.258 e. The number of amides is 1. The second kappa shape index (κ2) is 11.5. The number of fused-ring (bicyclic) bond motifs is 1. The molecule has 1 aromatic heterocycles. The lowest BCUT2D eigenvalue weighted by atomic mass is 9.99. The number of aromatic nitrogens is 2. The highest BCUT2D eigenvalue weighted by molar-refractivity contribution is 5.80. The third kappa shape index (κ3) is 5.80. The van der Waals surface area contributed by atoms with Crippen LogP contribution in [0.2, 0.25) is 0 Å². The quantitative estimate of drug-likeness (QED) is 0.395. The van der Waals surface area contributed by atoms with E-state index in [4.69, 9.17) is 15.0 Å². The second-order valence-corrected chi connectivity index (χ2v) is 9.40. The summed E-state index contributed by atoms with van der Waals surface area (Å²) in [6.07, 6.45) is 1.30. The van der Waals surface area contributed by atoms with E-state index >= 15 is 0 Å². The number of carbonyl (C=O) groups is 1. The molecule has 1 atom stereocenters. The standard InChI is InChI=1S/C27H31N5O5/c1-16(2)36-23-6-5-20(12-21(23)13-28)27-30-26(31-37-27)19-4-3-17-7-9-32(10-8-18(17)11-19)24(25(29)35)22(14-33)15-34/h3-6,11-12,16,22,24,33-34H,7-10,14-15H2,1-2H3,(H2,29,35). The summed E-state index contributed by atoms with van der Waals surface area (Å²) in [6.45, 7) is 4.30. The molecule has 10 nitrogen and oxygen atoms in total. The summed E-state index contributed by atoms with van der Waals surface area (Å²) in [4.78, 5) is 18.6. The molecule has 3 aromatic rings. The van der Waals surface area contributed by atoms with Crippen LogP contribution >= 0.6 is 0 Å². The molecule has 2 aromatic carbocycles. The first kappa shape index (κ1) is 26.3. The highest BCUT2D eigenvalue weighted by Crippen LogP contribution is 2.29. The van der Waals surface area contributed by atoms with Gasteiger partial charge in [-0.3, -0.25) is 9.69 Å². The fourth-order valence-electron chi connectivity index (χ4n) is 4.69. The van der Waals surface area contributed by atoms with Crippen LogP contribution in [0.3, 0.4) is 0 Å². The zero-order chi connectivity index (χ0) is 26.5. The smallest absolute Gasteiger partial charge is 0.258 e. The summed E-state index contributed by atoms with van der Waals surface area (Å²) in [6, 6.07) is 12.5. The van der Waals surface area contributed by atoms with Gasteiger partial charge in [0.25, 0.3) is 5.89 Å². The normalized spacial score (nSPS) is 14.7. The van der Waals surface area contributed by atoms with Crippen molar-refractivity contribution in [3.63, 3.8) is 0 Å². The molecule has 0 saturated heterocycles. The van der Waals surface area contributed by atoms with Gasteiger partial charge in [0.05, 0.1) is 30.9 Å². The topological polar surface area (TPSA) is 159 Å². The molecular weight excluding hydrogens is 474 g/mol. The maximum atomic E-state index is 12.1. The fraction of sp³-hybridized carbons (Fsp3) is 0.407. The number of nitriles is 1. The van der Waals surface area contributed by atoms with Gasteiger partial charge in [-0.05, 0) is 62.1 Å². The van der Waals surface area contributed by atoms with E-state index in [-0.39, 0.29) is 19.3 Å². The van der Waals surface area contributed by atoms with Gasteiger partial charge in [0.15, 0.2) is 0 Å². The molecule has 0 spiro atoms. The third-order valence-electron chi connectivity index (χ3n) is 6.54. The molecule has 37 heavy (non-hydrogen) atoms. The van der Waals surface area contributed by atoms with Crippen LogP contribution in [-0.2, 0) is 17.6 Å². The van der Waals surface area contributed by atoms with Gasteiger partial charge in [0, 0.05) is 30.1 Å². The Labute approximate surface area is 215 Å². The minimum Gasteiger partial charge on any atom is -0.490 e. The molecule has 2 heterocycles. The van der Waals surface area contributed by atoms with Crippen molar-refractivity contribution in [2.45, 2.75) is 38.8 Å². The Morgan fingerprint density at radius 1 is 1.14 bits per heavy atom. The number of hydrogen-bond acceptors (Lipinski definition) is 9. The van der Waals surface area contributed by atoms with Crippen LogP contribution in [0.1, 0.15) is 30.5 Å². The molecule has 0 radical (unpaired) electrons. The average molecular weight is 506 g/mol. The Kier molecular flexibility index (Phi) is 8.18. The molecule has 0 fully saturated rings. The highest BCUT2D eigenvalue weighted by Gasteiger charge is 2.32. The minimum absolute atomic E-state index is 0.0549. The molecule has 1 unspecified atom stereocenters. The summed E-state index contributed by atoms with van der Waals surface area (Å²) in [5.41, 5.74) is 9.66. The summed E-state index contributed by atoms with van der Waals surface area (Å²) < 4.78 is 11.2. The predicted octanol–water partition coefficient (Wildman–Crippen LogP) is 1.92. The second-order valence-electron chi connectivity index (χ2n) is 9.40. The lowest BCUT2D eigenvalue weighted by Gasteiger charge is -2.32. The van der Waals surface area contributed by atoms with E-state index in [0.717, 1.165) is 16.7 Å². The Hall–Kier alpha value is -3.78. The van der Waals surface area contributed by atoms with Crippen LogP contribution in [0.25, 0.3) is 22.8 Å². The lowest BCUT2D eigenvalue weighted by Crippen LogP contribution is -2.52. The van der Waals surface area contributed by atoms with Crippen molar-refractivity contribution in [1.29, 1.82) is 5.26 Å². The van der Waals surface area contributed by atoms with E-state index in [1.165, 1.54) is 0 Å². The van der Waals surface area contributed by atoms with Gasteiger partial charge < -0.3 is 25.2 Å². The number of aliphatic hydroxyl groups is 2. The minimum atomic E-state index is -0.737. The van der Waals surface area contributed by atoms with Gasteiger partial charge in [0.1, 0.15) is 11.8 Å². The van der Waals surface area contributed by atoms with Crippen molar-refractivity contribution >= 4 is 5.91 Å². The van der Waals surface area contributed by atoms with Crippen molar-refractivity contribution in [2.75, 3.05) is 26.3 Å². The van der Waals surface area contributed by atoms with E-state index in [1.54, 1.807) is 18.2 Å². The predicted molar refractivity (Wildman–Crippen MR) is 135 cm³/mol. The Balaban J connectivity index is 1.54. The number of nitrogens with two attached hydrogens (primary N) is 1. The molecule has 1 aliphatic heterocycles. The van der Waals surface area contributed by atoms with Crippen molar-refractivity contribution in [3.8, 4) is 34.7 Å². The molecule has 0 bridgehead atoms. The molecule has 0 aliphatic carbocycles. The number of primary amides is 1. The van der Waals surface area contributed by atoms with E-state index < -0.39 is 17.9 Å². The Morgan fingerprint density at radius 3 is 2.49 bits per heavy atom. The summed E-state index contributed by atoms with van der Waals surface area (Å²) >= 11 is 0. The molecule has 194 valence electrons. The summed E-state index contributed by atoms with van der Waals surface area (Å²) in [7, 11) is 0. The van der Waals surface area contributed by atoms with Gasteiger partial charge in [0.2, 0.25) is 11.7 Å². The van der Waals surface area contributed by atoms with Crippen molar-refractivity contribution in [3.05, 3.63) is 53.1 Å². The lowest BCUT2D eigenvalue weighted by molar-refractivity contribution is -0.126. The molecule has 10 heteroatoms. The van der Waals surface area contributed by atoms with E-state index in [1.807, 2.05) is 36.9 Å². The molecule has 4 N–H and O–H groups in total.